The number of carbonyl (C=O) groups is 5. The van der Waals surface area contributed by atoms with Gasteiger partial charge in [-0.25, -0.2) is 19.4 Å². The molecule has 1 saturated carbocycles. The fraction of sp³-hybridized carbons (Fsp3) is 0.488. The molecule has 8 rings (SSSR count). The monoisotopic (exact) mass is 839 g/mol. The Morgan fingerprint density at radius 1 is 0.967 bits per heavy atom. The molecule has 1 atom stereocenters. The van der Waals surface area contributed by atoms with E-state index in [2.05, 4.69) is 59.0 Å². The minimum atomic E-state index is -1.17. The molecule has 5 aliphatic rings. The van der Waals surface area contributed by atoms with Crippen molar-refractivity contribution < 1.29 is 33.1 Å². The highest BCUT2D eigenvalue weighted by Crippen LogP contribution is 2.58. The maximum Gasteiger partial charge on any atom is 0.271 e. The first-order chi connectivity index (χ1) is 28.6. The highest BCUT2D eigenvalue weighted by atomic mass is 35.5. The van der Waals surface area contributed by atoms with Gasteiger partial charge in [-0.15, -0.1) is 0 Å². The first-order valence-electron chi connectivity index (χ1n) is 20.3. The van der Waals surface area contributed by atoms with Crippen molar-refractivity contribution >= 4 is 46.8 Å². The number of nitrogens with one attached hydrogen (secondary N) is 1. The van der Waals surface area contributed by atoms with Crippen molar-refractivity contribution in [3.05, 3.63) is 82.1 Å². The Kier molecular flexibility index (Phi) is 10.9. The number of halogens is 2. The van der Waals surface area contributed by atoms with Crippen molar-refractivity contribution in [2.75, 3.05) is 50.7 Å². The largest absolute Gasteiger partial charge is 0.489 e. The number of nitriles is 1. The number of ether oxygens (including phenoxy) is 1. The van der Waals surface area contributed by atoms with E-state index in [4.69, 9.17) is 16.3 Å². The van der Waals surface area contributed by atoms with Gasteiger partial charge in [-0.1, -0.05) is 39.3 Å². The number of rotatable bonds is 9. The van der Waals surface area contributed by atoms with E-state index < -0.39 is 46.3 Å². The third-order valence-electron chi connectivity index (χ3n) is 13.0. The molecule has 2 aromatic carbocycles. The Labute approximate surface area is 352 Å². The molecule has 15 nitrogen and oxygen atoms in total. The standard InChI is InChI=1S/C43H47ClFN9O6/c1-42(2)40(43(3,4)41(42)60-29-6-5-26(20-46)31(44)19-29)54(37(57)27-21-47-24-48-22-27)52-11-9-25(10-12-52)23-50-13-15-51(16-14-50)28-17-30-35(32(45)18-28)39(59)53(38(30)58)33-7-8-34(55)49-36(33)56/h5-6,17-19,21-22,24-25,33,40-41H,7-16,23H2,1-4H3,(H,49,55,56). The zero-order valence-electron chi connectivity index (χ0n) is 34.0. The van der Waals surface area contributed by atoms with Gasteiger partial charge < -0.3 is 9.64 Å². The number of hydrogen-bond donors (Lipinski definition) is 1. The Balaban J connectivity index is 0.904. The van der Waals surface area contributed by atoms with Gasteiger partial charge in [0.1, 0.15) is 36.1 Å². The lowest BCUT2D eigenvalue weighted by Gasteiger charge is -2.67. The van der Waals surface area contributed by atoms with Gasteiger partial charge in [0.15, 0.2) is 0 Å². The zero-order valence-corrected chi connectivity index (χ0v) is 34.7. The van der Waals surface area contributed by atoms with Gasteiger partial charge >= 0.3 is 0 Å². The van der Waals surface area contributed by atoms with Crippen molar-refractivity contribution in [3.63, 3.8) is 0 Å². The molecular formula is C43H47ClFN9O6. The van der Waals surface area contributed by atoms with Crippen molar-refractivity contribution in [1.82, 2.24) is 35.1 Å². The molecule has 60 heavy (non-hydrogen) atoms. The average molecular weight is 840 g/mol. The van der Waals surface area contributed by atoms with E-state index in [1.165, 1.54) is 18.5 Å². The van der Waals surface area contributed by atoms with Crippen LogP contribution >= 0.6 is 11.6 Å². The Morgan fingerprint density at radius 3 is 2.28 bits per heavy atom. The number of imide groups is 2. The van der Waals surface area contributed by atoms with E-state index in [1.807, 2.05) is 9.91 Å². The highest BCUT2D eigenvalue weighted by Gasteiger charge is 2.67. The first-order valence-corrected chi connectivity index (χ1v) is 20.7. The minimum absolute atomic E-state index is 0.00377. The number of hydrazine groups is 1. The molecule has 1 unspecified atom stereocenters. The van der Waals surface area contributed by atoms with Crippen LogP contribution in [0, 0.1) is 33.9 Å². The van der Waals surface area contributed by atoms with Crippen molar-refractivity contribution in [2.24, 2.45) is 16.7 Å². The second kappa shape index (κ2) is 15.8. The number of nitrogens with zero attached hydrogens (tertiary/aromatic N) is 8. The summed E-state index contributed by atoms with van der Waals surface area (Å²) >= 11 is 6.34. The predicted molar refractivity (Wildman–Crippen MR) is 216 cm³/mol. The van der Waals surface area contributed by atoms with Gasteiger partial charge in [-0.3, -0.25) is 44.1 Å². The van der Waals surface area contributed by atoms with Gasteiger partial charge in [0.25, 0.3) is 17.7 Å². The number of carbonyl (C=O) groups excluding carboxylic acids is 5. The number of aromatic nitrogens is 2. The van der Waals surface area contributed by atoms with Crippen molar-refractivity contribution in [3.8, 4) is 11.8 Å². The molecule has 1 aliphatic carbocycles. The zero-order chi connectivity index (χ0) is 42.7. The molecule has 314 valence electrons. The van der Waals surface area contributed by atoms with E-state index in [0.717, 1.165) is 24.3 Å². The average Bonchev–Trinajstić information content (AvgIpc) is 3.48. The number of benzene rings is 2. The van der Waals surface area contributed by atoms with Crippen LogP contribution in [0.15, 0.2) is 49.1 Å². The number of fused-ring (bicyclic) bond motifs is 1. The molecule has 0 spiro atoms. The third kappa shape index (κ3) is 7.26. The van der Waals surface area contributed by atoms with E-state index in [-0.39, 0.29) is 42.0 Å². The highest BCUT2D eigenvalue weighted by molar-refractivity contribution is 6.31. The smallest absolute Gasteiger partial charge is 0.271 e. The van der Waals surface area contributed by atoms with E-state index in [9.17, 15) is 29.2 Å². The van der Waals surface area contributed by atoms with Crippen LogP contribution in [0.3, 0.4) is 0 Å². The molecule has 4 fully saturated rings. The summed E-state index contributed by atoms with van der Waals surface area (Å²) in [6.07, 6.45) is 5.93. The lowest BCUT2D eigenvalue weighted by molar-refractivity contribution is -0.241. The van der Waals surface area contributed by atoms with Crippen LogP contribution < -0.4 is 15.0 Å². The summed E-state index contributed by atoms with van der Waals surface area (Å²) in [6.45, 7) is 13.2. The number of hydrogen-bond acceptors (Lipinski definition) is 12. The minimum Gasteiger partial charge on any atom is -0.489 e. The van der Waals surface area contributed by atoms with Crippen LogP contribution in [0.5, 0.6) is 5.75 Å². The molecular weight excluding hydrogens is 793 g/mol. The molecule has 17 heteroatoms. The van der Waals surface area contributed by atoms with Crippen molar-refractivity contribution in [2.45, 2.75) is 71.6 Å². The molecule has 3 saturated heterocycles. The summed E-state index contributed by atoms with van der Waals surface area (Å²) < 4.78 is 22.1. The van der Waals surface area contributed by atoms with Crippen LogP contribution in [0.2, 0.25) is 5.02 Å². The molecule has 5 amide bonds. The Hall–Kier alpha value is -5.50. The van der Waals surface area contributed by atoms with Gasteiger partial charge in [0, 0.05) is 87.2 Å². The maximum atomic E-state index is 15.5. The summed E-state index contributed by atoms with van der Waals surface area (Å²) in [7, 11) is 0. The van der Waals surface area contributed by atoms with Crippen LogP contribution in [0.4, 0.5) is 10.1 Å². The SMILES string of the molecule is CC1(C)C(Oc2ccc(C#N)c(Cl)c2)C(C)(C)C1N(C(=O)c1cncnc1)N1CCC(CN2CCN(c3cc(F)c4c(c3)C(=O)N(C3CCC(=O)NC3=O)C4=O)CC2)CC1. The molecule has 5 heterocycles. The van der Waals surface area contributed by atoms with Crippen LogP contribution in [0.25, 0.3) is 0 Å². The molecule has 0 radical (unpaired) electrons. The number of piperazine rings is 1. The van der Waals surface area contributed by atoms with Crippen LogP contribution in [-0.4, -0.2) is 123 Å². The normalized spacial score (nSPS) is 24.4. The second-order valence-corrected chi connectivity index (χ2v) is 18.0. The topological polar surface area (TPSA) is 172 Å². The Bertz CT molecular complexity index is 2270. The van der Waals surface area contributed by atoms with Crippen LogP contribution in [-0.2, 0) is 9.59 Å². The number of amides is 5. The fourth-order valence-electron chi connectivity index (χ4n) is 10.4. The lowest BCUT2D eigenvalue weighted by atomic mass is 9.49. The second-order valence-electron chi connectivity index (χ2n) is 17.6. The Morgan fingerprint density at radius 2 is 1.65 bits per heavy atom. The van der Waals surface area contributed by atoms with Gasteiger partial charge in [-0.05, 0) is 49.4 Å². The molecule has 1 N–H and O–H groups in total. The maximum absolute atomic E-state index is 15.5. The number of anilines is 1. The summed E-state index contributed by atoms with van der Waals surface area (Å²) in [5.74, 6) is -2.87. The van der Waals surface area contributed by atoms with E-state index in [0.29, 0.717) is 72.8 Å². The van der Waals surface area contributed by atoms with Gasteiger partial charge in [0.2, 0.25) is 11.8 Å². The summed E-state index contributed by atoms with van der Waals surface area (Å²) in [6, 6.07) is 8.54. The van der Waals surface area contributed by atoms with E-state index in [1.54, 1.807) is 30.6 Å². The van der Waals surface area contributed by atoms with E-state index >= 15 is 4.39 Å². The van der Waals surface area contributed by atoms with Gasteiger partial charge in [-0.2, -0.15) is 5.26 Å². The molecule has 0 bridgehead atoms. The summed E-state index contributed by atoms with van der Waals surface area (Å²) in [5.41, 5.74) is -0.121. The quantitative estimate of drug-likeness (QED) is 0.303. The van der Waals surface area contributed by atoms with Crippen molar-refractivity contribution in [1.29, 1.82) is 5.26 Å². The summed E-state index contributed by atoms with van der Waals surface area (Å²) in [4.78, 5) is 78.6. The molecule has 1 aromatic heterocycles. The number of piperidine rings is 2. The molecule has 4 aliphatic heterocycles. The lowest BCUT2D eigenvalue weighted by Crippen LogP contribution is -2.77. The predicted octanol–water partition coefficient (Wildman–Crippen LogP) is 4.32. The van der Waals surface area contributed by atoms with Gasteiger partial charge in [0.05, 0.1) is 33.3 Å². The first kappa shape index (κ1) is 41.2. The van der Waals surface area contributed by atoms with Crippen LogP contribution in [0.1, 0.15) is 90.0 Å². The third-order valence-corrected chi connectivity index (χ3v) is 13.3. The molecule has 3 aromatic rings. The summed E-state index contributed by atoms with van der Waals surface area (Å²) in [5, 5.41) is 15.9. The fourth-order valence-corrected chi connectivity index (χ4v) is 10.6.